The second-order valence-corrected chi connectivity index (χ2v) is 4.28. The van der Waals surface area contributed by atoms with Crippen molar-refractivity contribution >= 4 is 0 Å². The zero-order valence-electron chi connectivity index (χ0n) is 10.4. The summed E-state index contributed by atoms with van der Waals surface area (Å²) in [6.45, 7) is 2.13. The van der Waals surface area contributed by atoms with E-state index in [1.165, 1.54) is 0 Å². The standard InChI is InChI=1S/C13H19F2NO2/c1-13(17,11-5-3-2-4-6-11)10-16-7-8-18-9-12(14)15/h2-6,12,16-17H,7-10H2,1H3. The molecule has 102 valence electrons. The van der Waals surface area contributed by atoms with Gasteiger partial charge in [0.05, 0.1) is 12.2 Å². The van der Waals surface area contributed by atoms with Crippen LogP contribution in [0.2, 0.25) is 0 Å². The van der Waals surface area contributed by atoms with Crippen molar-refractivity contribution in [1.82, 2.24) is 5.32 Å². The molecule has 2 N–H and O–H groups in total. The lowest BCUT2D eigenvalue weighted by molar-refractivity contribution is 0.0150. The summed E-state index contributed by atoms with van der Waals surface area (Å²) < 4.78 is 28.3. The number of halogens is 2. The van der Waals surface area contributed by atoms with E-state index in [1.54, 1.807) is 6.92 Å². The molecule has 5 heteroatoms. The number of nitrogens with one attached hydrogen (secondary N) is 1. The minimum atomic E-state index is -2.43. The fourth-order valence-corrected chi connectivity index (χ4v) is 1.55. The molecule has 18 heavy (non-hydrogen) atoms. The molecule has 0 aliphatic rings. The maximum atomic E-state index is 11.8. The highest BCUT2D eigenvalue weighted by molar-refractivity contribution is 5.21. The first-order valence-corrected chi connectivity index (χ1v) is 5.87. The lowest BCUT2D eigenvalue weighted by Gasteiger charge is -2.24. The van der Waals surface area contributed by atoms with E-state index in [4.69, 9.17) is 4.74 Å². The Balaban J connectivity index is 2.22. The highest BCUT2D eigenvalue weighted by Crippen LogP contribution is 2.18. The van der Waals surface area contributed by atoms with Crippen molar-refractivity contribution < 1.29 is 18.6 Å². The zero-order valence-corrected chi connectivity index (χ0v) is 10.4. The fourth-order valence-electron chi connectivity index (χ4n) is 1.55. The van der Waals surface area contributed by atoms with Gasteiger partial charge < -0.3 is 15.2 Å². The lowest BCUT2D eigenvalue weighted by atomic mass is 9.96. The van der Waals surface area contributed by atoms with Gasteiger partial charge in [-0.15, -0.1) is 0 Å². The van der Waals surface area contributed by atoms with E-state index in [2.05, 4.69) is 5.32 Å². The third-order valence-electron chi connectivity index (χ3n) is 2.53. The van der Waals surface area contributed by atoms with Gasteiger partial charge >= 0.3 is 0 Å². The SMILES string of the molecule is CC(O)(CNCCOCC(F)F)c1ccccc1. The molecular formula is C13H19F2NO2. The maximum absolute atomic E-state index is 11.8. The van der Waals surface area contributed by atoms with E-state index in [0.29, 0.717) is 13.1 Å². The van der Waals surface area contributed by atoms with Crippen LogP contribution in [0, 0.1) is 0 Å². The molecule has 0 saturated heterocycles. The van der Waals surface area contributed by atoms with Crippen LogP contribution < -0.4 is 5.32 Å². The number of ether oxygens (including phenoxy) is 1. The maximum Gasteiger partial charge on any atom is 0.261 e. The van der Waals surface area contributed by atoms with Crippen molar-refractivity contribution in [3.05, 3.63) is 35.9 Å². The molecule has 0 aliphatic heterocycles. The summed E-state index contributed by atoms with van der Waals surface area (Å²) in [5.41, 5.74) is -0.171. The van der Waals surface area contributed by atoms with E-state index >= 15 is 0 Å². The predicted molar refractivity (Wildman–Crippen MR) is 65.7 cm³/mol. The van der Waals surface area contributed by atoms with Crippen LogP contribution in [-0.4, -0.2) is 37.8 Å². The molecule has 0 fully saturated rings. The van der Waals surface area contributed by atoms with E-state index in [-0.39, 0.29) is 6.61 Å². The Morgan fingerprint density at radius 3 is 2.61 bits per heavy atom. The normalized spacial score (nSPS) is 14.7. The molecule has 1 unspecified atom stereocenters. The summed E-state index contributed by atoms with van der Waals surface area (Å²) in [7, 11) is 0. The van der Waals surface area contributed by atoms with Crippen molar-refractivity contribution in [1.29, 1.82) is 0 Å². The average Bonchev–Trinajstić information content (AvgIpc) is 2.34. The van der Waals surface area contributed by atoms with Gasteiger partial charge in [-0.25, -0.2) is 8.78 Å². The molecule has 0 saturated carbocycles. The van der Waals surface area contributed by atoms with Crippen molar-refractivity contribution in [3.63, 3.8) is 0 Å². The zero-order chi connectivity index (χ0) is 13.4. The van der Waals surface area contributed by atoms with Crippen molar-refractivity contribution in [2.45, 2.75) is 19.0 Å². The number of rotatable bonds is 8. The summed E-state index contributed by atoms with van der Waals surface area (Å²) in [4.78, 5) is 0. The Hall–Kier alpha value is -1.04. The van der Waals surface area contributed by atoms with Gasteiger partial charge in [0.15, 0.2) is 0 Å². The van der Waals surface area contributed by atoms with E-state index in [1.807, 2.05) is 30.3 Å². The van der Waals surface area contributed by atoms with Gasteiger partial charge in [0, 0.05) is 13.1 Å². The Morgan fingerprint density at radius 1 is 1.33 bits per heavy atom. The minimum absolute atomic E-state index is 0.204. The highest BCUT2D eigenvalue weighted by Gasteiger charge is 2.21. The summed E-state index contributed by atoms with van der Waals surface area (Å²) >= 11 is 0. The Kier molecular flexibility index (Phi) is 6.18. The predicted octanol–water partition coefficient (Wildman–Crippen LogP) is 1.77. The molecule has 0 aliphatic carbocycles. The number of hydrogen-bond acceptors (Lipinski definition) is 3. The van der Waals surface area contributed by atoms with Crippen LogP contribution in [0.25, 0.3) is 0 Å². The molecule has 1 aromatic rings. The first-order valence-electron chi connectivity index (χ1n) is 5.87. The molecule has 1 aromatic carbocycles. The number of hydrogen-bond donors (Lipinski definition) is 2. The van der Waals surface area contributed by atoms with Crippen LogP contribution in [-0.2, 0) is 10.3 Å². The Bertz CT molecular complexity index is 331. The first-order chi connectivity index (χ1) is 8.52. The molecule has 0 bridgehead atoms. The third-order valence-corrected chi connectivity index (χ3v) is 2.53. The van der Waals surface area contributed by atoms with Gasteiger partial charge in [0.25, 0.3) is 6.43 Å². The molecule has 0 heterocycles. The summed E-state index contributed by atoms with van der Waals surface area (Å²) in [6.07, 6.45) is -2.43. The highest BCUT2D eigenvalue weighted by atomic mass is 19.3. The quantitative estimate of drug-likeness (QED) is 0.699. The molecular weight excluding hydrogens is 240 g/mol. The number of alkyl halides is 2. The molecule has 1 atom stereocenters. The fraction of sp³-hybridized carbons (Fsp3) is 0.538. The smallest absolute Gasteiger partial charge is 0.261 e. The molecule has 0 aromatic heterocycles. The molecule has 0 radical (unpaired) electrons. The first kappa shape index (κ1) is 15.0. The van der Waals surface area contributed by atoms with Gasteiger partial charge in [-0.1, -0.05) is 30.3 Å². The average molecular weight is 259 g/mol. The molecule has 0 amide bonds. The van der Waals surface area contributed by atoms with Crippen LogP contribution in [0.1, 0.15) is 12.5 Å². The second-order valence-electron chi connectivity index (χ2n) is 4.28. The lowest BCUT2D eigenvalue weighted by Crippen LogP contribution is -2.37. The van der Waals surface area contributed by atoms with Gasteiger partial charge in [-0.05, 0) is 12.5 Å². The Labute approximate surface area is 106 Å². The third kappa shape index (κ3) is 5.53. The van der Waals surface area contributed by atoms with E-state index < -0.39 is 18.6 Å². The van der Waals surface area contributed by atoms with Crippen LogP contribution in [0.15, 0.2) is 30.3 Å². The summed E-state index contributed by atoms with van der Waals surface area (Å²) in [5.74, 6) is 0. The van der Waals surface area contributed by atoms with Gasteiger partial charge in [0.1, 0.15) is 6.61 Å². The van der Waals surface area contributed by atoms with Gasteiger partial charge in [0.2, 0.25) is 0 Å². The van der Waals surface area contributed by atoms with E-state index in [9.17, 15) is 13.9 Å². The minimum Gasteiger partial charge on any atom is -0.384 e. The van der Waals surface area contributed by atoms with Crippen molar-refractivity contribution in [2.75, 3.05) is 26.3 Å². The van der Waals surface area contributed by atoms with Crippen LogP contribution in [0.4, 0.5) is 8.78 Å². The monoisotopic (exact) mass is 259 g/mol. The van der Waals surface area contributed by atoms with Crippen LogP contribution in [0.5, 0.6) is 0 Å². The largest absolute Gasteiger partial charge is 0.384 e. The summed E-state index contributed by atoms with van der Waals surface area (Å²) in [6, 6.07) is 9.28. The number of benzene rings is 1. The van der Waals surface area contributed by atoms with Crippen LogP contribution >= 0.6 is 0 Å². The second kappa shape index (κ2) is 7.41. The molecule has 0 spiro atoms. The summed E-state index contributed by atoms with van der Waals surface area (Å²) in [5, 5.41) is 13.2. The molecule has 3 nitrogen and oxygen atoms in total. The Morgan fingerprint density at radius 2 is 2.00 bits per heavy atom. The van der Waals surface area contributed by atoms with Gasteiger partial charge in [-0.2, -0.15) is 0 Å². The van der Waals surface area contributed by atoms with Crippen molar-refractivity contribution in [2.24, 2.45) is 0 Å². The van der Waals surface area contributed by atoms with E-state index in [0.717, 1.165) is 5.56 Å². The number of aliphatic hydroxyl groups is 1. The van der Waals surface area contributed by atoms with Gasteiger partial charge in [-0.3, -0.25) is 0 Å². The topological polar surface area (TPSA) is 41.5 Å². The van der Waals surface area contributed by atoms with Crippen LogP contribution in [0.3, 0.4) is 0 Å². The van der Waals surface area contributed by atoms with Crippen molar-refractivity contribution in [3.8, 4) is 0 Å². The molecule has 1 rings (SSSR count).